The quantitative estimate of drug-likeness (QED) is 0.883. The van der Waals surface area contributed by atoms with Crippen LogP contribution in [0.1, 0.15) is 57.6 Å². The Labute approximate surface area is 110 Å². The number of hydrogen-bond donors (Lipinski definition) is 1. The van der Waals surface area contributed by atoms with Crippen molar-refractivity contribution in [1.82, 2.24) is 9.97 Å². The lowest BCUT2D eigenvalue weighted by atomic mass is 9.88. The molecule has 18 heavy (non-hydrogen) atoms. The van der Waals surface area contributed by atoms with E-state index in [-0.39, 0.29) is 0 Å². The monoisotopic (exact) mass is 250 g/mol. The highest BCUT2D eigenvalue weighted by Gasteiger charge is 2.20. The zero-order valence-electron chi connectivity index (χ0n) is 11.7. The summed E-state index contributed by atoms with van der Waals surface area (Å²) in [6.07, 6.45) is 10.2. The SMILES string of the molecule is CCC(C)CC1CCCC(c2cnc[nH]2)COC1. The topological polar surface area (TPSA) is 37.9 Å². The predicted octanol–water partition coefficient (Wildman–Crippen LogP) is 3.75. The molecule has 0 radical (unpaired) electrons. The maximum Gasteiger partial charge on any atom is 0.0921 e. The van der Waals surface area contributed by atoms with Crippen molar-refractivity contribution < 1.29 is 4.74 Å². The molecule has 0 bridgehead atoms. The van der Waals surface area contributed by atoms with E-state index in [0.717, 1.165) is 25.0 Å². The van der Waals surface area contributed by atoms with Crippen molar-refractivity contribution in [2.45, 2.75) is 51.9 Å². The zero-order valence-corrected chi connectivity index (χ0v) is 11.7. The molecule has 0 aliphatic carbocycles. The van der Waals surface area contributed by atoms with Crippen molar-refractivity contribution in [3.8, 4) is 0 Å². The standard InChI is InChI=1S/C15H26N2O/c1-3-12(2)7-13-5-4-6-14(10-18-9-13)15-8-16-11-17-15/h8,11-14H,3-7,9-10H2,1-2H3,(H,16,17). The van der Waals surface area contributed by atoms with Crippen LogP contribution in [-0.2, 0) is 4.74 Å². The van der Waals surface area contributed by atoms with Gasteiger partial charge in [0.2, 0.25) is 0 Å². The fraction of sp³-hybridized carbons (Fsp3) is 0.800. The van der Waals surface area contributed by atoms with Crippen molar-refractivity contribution in [3.63, 3.8) is 0 Å². The molecule has 0 saturated carbocycles. The van der Waals surface area contributed by atoms with E-state index in [2.05, 4.69) is 23.8 Å². The van der Waals surface area contributed by atoms with Crippen LogP contribution in [0.25, 0.3) is 0 Å². The van der Waals surface area contributed by atoms with Crippen molar-refractivity contribution >= 4 is 0 Å². The molecule has 102 valence electrons. The van der Waals surface area contributed by atoms with Gasteiger partial charge in [-0.25, -0.2) is 4.98 Å². The second-order valence-electron chi connectivity index (χ2n) is 5.79. The highest BCUT2D eigenvalue weighted by Crippen LogP contribution is 2.28. The molecule has 1 aromatic rings. The number of imidazole rings is 1. The van der Waals surface area contributed by atoms with Crippen molar-refractivity contribution in [3.05, 3.63) is 18.2 Å². The minimum Gasteiger partial charge on any atom is -0.380 e. The van der Waals surface area contributed by atoms with E-state index in [0.29, 0.717) is 5.92 Å². The molecular weight excluding hydrogens is 224 g/mol. The summed E-state index contributed by atoms with van der Waals surface area (Å²) in [5.74, 6) is 2.11. The Kier molecular flexibility index (Phi) is 5.24. The Hall–Kier alpha value is -0.830. The summed E-state index contributed by atoms with van der Waals surface area (Å²) in [5.41, 5.74) is 1.23. The van der Waals surface area contributed by atoms with E-state index in [4.69, 9.17) is 4.74 Å². The maximum atomic E-state index is 5.92. The normalized spacial score (nSPS) is 27.4. The van der Waals surface area contributed by atoms with Gasteiger partial charge >= 0.3 is 0 Å². The fourth-order valence-corrected chi connectivity index (χ4v) is 2.85. The van der Waals surface area contributed by atoms with Crippen LogP contribution in [0.4, 0.5) is 0 Å². The van der Waals surface area contributed by atoms with Crippen LogP contribution in [0.15, 0.2) is 12.5 Å². The Balaban J connectivity index is 1.80. The third kappa shape index (κ3) is 3.84. The van der Waals surface area contributed by atoms with Crippen LogP contribution >= 0.6 is 0 Å². The number of aromatic amines is 1. The Morgan fingerprint density at radius 3 is 3.06 bits per heavy atom. The highest BCUT2D eigenvalue weighted by molar-refractivity contribution is 5.03. The second kappa shape index (κ2) is 6.93. The highest BCUT2D eigenvalue weighted by atomic mass is 16.5. The van der Waals surface area contributed by atoms with Crippen molar-refractivity contribution in [2.75, 3.05) is 13.2 Å². The van der Waals surface area contributed by atoms with Crippen LogP contribution < -0.4 is 0 Å². The second-order valence-corrected chi connectivity index (χ2v) is 5.79. The first-order valence-electron chi connectivity index (χ1n) is 7.35. The first-order valence-corrected chi connectivity index (χ1v) is 7.35. The number of ether oxygens (including phenoxy) is 1. The van der Waals surface area contributed by atoms with E-state index in [1.54, 1.807) is 6.33 Å². The van der Waals surface area contributed by atoms with E-state index in [9.17, 15) is 0 Å². The molecule has 2 rings (SSSR count). The summed E-state index contributed by atoms with van der Waals surface area (Å²) < 4.78 is 5.92. The molecular formula is C15H26N2O. The molecule has 3 heteroatoms. The lowest BCUT2D eigenvalue weighted by Crippen LogP contribution is -2.20. The number of rotatable bonds is 4. The first kappa shape index (κ1) is 13.6. The molecule has 0 spiro atoms. The molecule has 0 amide bonds. The van der Waals surface area contributed by atoms with Gasteiger partial charge in [-0.05, 0) is 31.1 Å². The summed E-state index contributed by atoms with van der Waals surface area (Å²) >= 11 is 0. The Morgan fingerprint density at radius 1 is 1.44 bits per heavy atom. The molecule has 0 aromatic carbocycles. The number of hydrogen-bond acceptors (Lipinski definition) is 2. The van der Waals surface area contributed by atoms with Gasteiger partial charge in [0.1, 0.15) is 0 Å². The van der Waals surface area contributed by atoms with Crippen molar-refractivity contribution in [1.29, 1.82) is 0 Å². The summed E-state index contributed by atoms with van der Waals surface area (Å²) in [5, 5.41) is 0. The van der Waals surface area contributed by atoms with E-state index < -0.39 is 0 Å². The van der Waals surface area contributed by atoms with Crippen molar-refractivity contribution in [2.24, 2.45) is 11.8 Å². The average molecular weight is 250 g/mol. The molecule has 1 N–H and O–H groups in total. The molecule has 3 nitrogen and oxygen atoms in total. The van der Waals surface area contributed by atoms with Crippen LogP contribution in [0.5, 0.6) is 0 Å². The fourth-order valence-electron chi connectivity index (χ4n) is 2.85. The summed E-state index contributed by atoms with van der Waals surface area (Å²) in [7, 11) is 0. The van der Waals surface area contributed by atoms with Gasteiger partial charge in [0.05, 0.1) is 12.9 Å². The van der Waals surface area contributed by atoms with Crippen LogP contribution in [-0.4, -0.2) is 23.2 Å². The molecule has 1 aliphatic rings. The van der Waals surface area contributed by atoms with Gasteiger partial charge in [0, 0.05) is 24.4 Å². The van der Waals surface area contributed by atoms with E-state index >= 15 is 0 Å². The summed E-state index contributed by atoms with van der Waals surface area (Å²) in [6, 6.07) is 0. The largest absolute Gasteiger partial charge is 0.380 e. The van der Waals surface area contributed by atoms with E-state index in [1.165, 1.54) is 37.8 Å². The molecule has 1 aromatic heterocycles. The number of nitrogens with one attached hydrogen (secondary N) is 1. The third-order valence-corrected chi connectivity index (χ3v) is 4.23. The lowest BCUT2D eigenvalue weighted by Gasteiger charge is -2.26. The van der Waals surface area contributed by atoms with Crippen LogP contribution in [0.3, 0.4) is 0 Å². The number of H-pyrrole nitrogens is 1. The third-order valence-electron chi connectivity index (χ3n) is 4.23. The average Bonchev–Trinajstić information content (AvgIpc) is 2.85. The molecule has 3 atom stereocenters. The minimum atomic E-state index is 0.511. The van der Waals surface area contributed by atoms with Crippen LogP contribution in [0.2, 0.25) is 0 Å². The Morgan fingerprint density at radius 2 is 2.33 bits per heavy atom. The zero-order chi connectivity index (χ0) is 12.8. The Bertz CT molecular complexity index is 313. The van der Waals surface area contributed by atoms with Gasteiger partial charge in [0.15, 0.2) is 0 Å². The number of aromatic nitrogens is 2. The smallest absolute Gasteiger partial charge is 0.0921 e. The van der Waals surface area contributed by atoms with Gasteiger partial charge in [-0.2, -0.15) is 0 Å². The molecule has 3 unspecified atom stereocenters. The summed E-state index contributed by atoms with van der Waals surface area (Å²) in [4.78, 5) is 7.32. The van der Waals surface area contributed by atoms with Gasteiger partial charge < -0.3 is 9.72 Å². The molecule has 1 saturated heterocycles. The predicted molar refractivity (Wildman–Crippen MR) is 73.6 cm³/mol. The lowest BCUT2D eigenvalue weighted by molar-refractivity contribution is 0.0607. The van der Waals surface area contributed by atoms with E-state index in [1.807, 2.05) is 6.20 Å². The number of nitrogens with zero attached hydrogens (tertiary/aromatic N) is 1. The minimum absolute atomic E-state index is 0.511. The van der Waals surface area contributed by atoms with Gasteiger partial charge in [0.25, 0.3) is 0 Å². The molecule has 1 fully saturated rings. The van der Waals surface area contributed by atoms with Gasteiger partial charge in [-0.1, -0.05) is 26.7 Å². The maximum absolute atomic E-state index is 5.92. The first-order chi connectivity index (χ1) is 8.79. The van der Waals surface area contributed by atoms with Gasteiger partial charge in [-0.15, -0.1) is 0 Å². The molecule has 1 aliphatic heterocycles. The van der Waals surface area contributed by atoms with Gasteiger partial charge in [-0.3, -0.25) is 0 Å². The van der Waals surface area contributed by atoms with Crippen LogP contribution in [0, 0.1) is 11.8 Å². The summed E-state index contributed by atoms with van der Waals surface area (Å²) in [6.45, 7) is 6.42. The molecule has 2 heterocycles.